The van der Waals surface area contributed by atoms with Crippen molar-refractivity contribution in [2.75, 3.05) is 7.11 Å². The molecule has 0 saturated carbocycles. The lowest BCUT2D eigenvalue weighted by atomic mass is 10.2. The number of ether oxygens (including phenoxy) is 1. The second-order valence-electron chi connectivity index (χ2n) is 2.58. The Morgan fingerprint density at radius 2 is 2.00 bits per heavy atom. The maximum Gasteiger partial charge on any atom is 0.433 e. The molecule has 0 aliphatic rings. The monoisotopic (exact) mass is 206 g/mol. The van der Waals surface area contributed by atoms with Crippen LogP contribution < -0.4 is 4.74 Å². The van der Waals surface area contributed by atoms with Gasteiger partial charge in [0, 0.05) is 5.69 Å². The number of alkyl halides is 3. The van der Waals surface area contributed by atoms with E-state index >= 15 is 0 Å². The van der Waals surface area contributed by atoms with Gasteiger partial charge in [-0.25, -0.2) is 4.98 Å². The highest BCUT2D eigenvalue weighted by Gasteiger charge is 2.33. The van der Waals surface area contributed by atoms with E-state index in [1.54, 1.807) is 6.92 Å². The van der Waals surface area contributed by atoms with E-state index < -0.39 is 11.9 Å². The van der Waals surface area contributed by atoms with Crippen molar-refractivity contribution >= 4 is 0 Å². The van der Waals surface area contributed by atoms with Crippen molar-refractivity contribution in [3.63, 3.8) is 0 Å². The van der Waals surface area contributed by atoms with E-state index in [1.165, 1.54) is 7.11 Å². The van der Waals surface area contributed by atoms with Crippen LogP contribution in [0.2, 0.25) is 0 Å². The number of hydrogen-bond donors (Lipinski definition) is 0. The highest BCUT2D eigenvalue weighted by Crippen LogP contribution is 2.28. The van der Waals surface area contributed by atoms with Gasteiger partial charge in [0.2, 0.25) is 0 Å². The van der Waals surface area contributed by atoms with E-state index in [0.29, 0.717) is 12.1 Å². The third-order valence-corrected chi connectivity index (χ3v) is 1.59. The molecule has 0 aromatic carbocycles. The van der Waals surface area contributed by atoms with Gasteiger partial charge in [0.15, 0.2) is 5.69 Å². The molecule has 1 heterocycles. The van der Waals surface area contributed by atoms with Crippen molar-refractivity contribution in [2.45, 2.75) is 19.5 Å². The van der Waals surface area contributed by atoms with Crippen molar-refractivity contribution in [1.82, 2.24) is 9.97 Å². The van der Waals surface area contributed by atoms with E-state index in [2.05, 4.69) is 14.7 Å². The van der Waals surface area contributed by atoms with Crippen LogP contribution in [-0.2, 0) is 12.6 Å². The average Bonchev–Trinajstić information content (AvgIpc) is 2.15. The molecule has 3 nitrogen and oxygen atoms in total. The van der Waals surface area contributed by atoms with Gasteiger partial charge >= 0.3 is 12.2 Å². The molecule has 1 rings (SSSR count). The second-order valence-corrected chi connectivity index (χ2v) is 2.58. The van der Waals surface area contributed by atoms with Crippen molar-refractivity contribution in [3.05, 3.63) is 17.5 Å². The number of methoxy groups -OCH3 is 1. The average molecular weight is 206 g/mol. The maximum absolute atomic E-state index is 12.3. The minimum Gasteiger partial charge on any atom is -0.467 e. The first-order valence-electron chi connectivity index (χ1n) is 3.96. The molecule has 0 amide bonds. The number of aromatic nitrogens is 2. The third-order valence-electron chi connectivity index (χ3n) is 1.59. The van der Waals surface area contributed by atoms with Crippen LogP contribution >= 0.6 is 0 Å². The van der Waals surface area contributed by atoms with E-state index in [-0.39, 0.29) is 6.01 Å². The predicted octanol–water partition coefficient (Wildman–Crippen LogP) is 2.07. The molecule has 6 heteroatoms. The molecule has 14 heavy (non-hydrogen) atoms. The molecule has 1 aromatic heterocycles. The van der Waals surface area contributed by atoms with E-state index in [0.717, 1.165) is 6.07 Å². The normalized spacial score (nSPS) is 11.5. The van der Waals surface area contributed by atoms with E-state index in [1.807, 2.05) is 0 Å². The number of hydrogen-bond acceptors (Lipinski definition) is 3. The van der Waals surface area contributed by atoms with Crippen LogP contribution in [0.1, 0.15) is 18.3 Å². The van der Waals surface area contributed by atoms with Crippen LogP contribution in [-0.4, -0.2) is 17.1 Å². The smallest absolute Gasteiger partial charge is 0.433 e. The van der Waals surface area contributed by atoms with Gasteiger partial charge in [-0.3, -0.25) is 0 Å². The van der Waals surface area contributed by atoms with Crippen LogP contribution in [0.5, 0.6) is 6.01 Å². The summed E-state index contributed by atoms with van der Waals surface area (Å²) in [5.41, 5.74) is -0.662. The quantitative estimate of drug-likeness (QED) is 0.742. The number of nitrogens with zero attached hydrogens (tertiary/aromatic N) is 2. The molecule has 0 bridgehead atoms. The zero-order chi connectivity index (χ0) is 10.8. The summed E-state index contributed by atoms with van der Waals surface area (Å²) in [7, 11) is 1.23. The van der Waals surface area contributed by atoms with Gasteiger partial charge in [-0.05, 0) is 12.5 Å². The zero-order valence-electron chi connectivity index (χ0n) is 7.72. The number of aryl methyl sites for hydroxylation is 1. The molecule has 0 aliphatic carbocycles. The fourth-order valence-electron chi connectivity index (χ4n) is 0.891. The molecule has 1 aromatic rings. The van der Waals surface area contributed by atoms with Gasteiger partial charge in [0.25, 0.3) is 0 Å². The lowest BCUT2D eigenvalue weighted by molar-refractivity contribution is -0.141. The summed E-state index contributed by atoms with van der Waals surface area (Å²) in [6.45, 7) is 1.71. The van der Waals surface area contributed by atoms with Gasteiger partial charge in [0.1, 0.15) is 0 Å². The Hall–Kier alpha value is -1.33. The molecular weight excluding hydrogens is 197 g/mol. The van der Waals surface area contributed by atoms with E-state index in [9.17, 15) is 13.2 Å². The SMILES string of the molecule is CCc1cc(C(F)(F)F)nc(OC)n1. The summed E-state index contributed by atoms with van der Waals surface area (Å²) < 4.78 is 41.4. The number of halogens is 3. The summed E-state index contributed by atoms with van der Waals surface area (Å²) in [6, 6.07) is 0.666. The summed E-state index contributed by atoms with van der Waals surface area (Å²) in [5.74, 6) is 0. The lowest BCUT2D eigenvalue weighted by Gasteiger charge is -2.08. The molecule has 0 fully saturated rings. The van der Waals surface area contributed by atoms with Crippen molar-refractivity contribution in [2.24, 2.45) is 0 Å². The van der Waals surface area contributed by atoms with Crippen molar-refractivity contribution < 1.29 is 17.9 Å². The molecule has 0 unspecified atom stereocenters. The van der Waals surface area contributed by atoms with Crippen LogP contribution in [0.25, 0.3) is 0 Å². The van der Waals surface area contributed by atoms with Crippen molar-refractivity contribution in [1.29, 1.82) is 0 Å². The zero-order valence-corrected chi connectivity index (χ0v) is 7.72. The molecule has 0 spiro atoms. The first-order chi connectivity index (χ1) is 6.47. The van der Waals surface area contributed by atoms with Crippen LogP contribution in [0.4, 0.5) is 13.2 Å². The first-order valence-corrected chi connectivity index (χ1v) is 3.96. The molecule has 0 atom stereocenters. The fourth-order valence-corrected chi connectivity index (χ4v) is 0.891. The Bertz CT molecular complexity index is 303. The highest BCUT2D eigenvalue weighted by atomic mass is 19.4. The van der Waals surface area contributed by atoms with E-state index in [4.69, 9.17) is 0 Å². The second kappa shape index (κ2) is 3.81. The summed E-state index contributed by atoms with van der Waals surface area (Å²) in [5, 5.41) is 0. The Balaban J connectivity index is 3.17. The largest absolute Gasteiger partial charge is 0.467 e. The molecule has 0 aliphatic heterocycles. The third kappa shape index (κ3) is 2.34. The van der Waals surface area contributed by atoms with Crippen LogP contribution in [0, 0.1) is 0 Å². The molecule has 78 valence electrons. The standard InChI is InChI=1S/C8H9F3N2O/c1-3-5-4-6(8(9,10)11)13-7(12-5)14-2/h4H,3H2,1-2H3. The summed E-state index contributed by atoms with van der Waals surface area (Å²) >= 11 is 0. The Morgan fingerprint density at radius 1 is 1.36 bits per heavy atom. The first kappa shape index (κ1) is 10.7. The van der Waals surface area contributed by atoms with Gasteiger partial charge in [-0.15, -0.1) is 0 Å². The summed E-state index contributed by atoms with van der Waals surface area (Å²) in [6.07, 6.45) is -4.05. The molecule has 0 N–H and O–H groups in total. The molecule has 0 saturated heterocycles. The van der Waals surface area contributed by atoms with Crippen LogP contribution in [0.15, 0.2) is 6.07 Å². The fraction of sp³-hybridized carbons (Fsp3) is 0.500. The lowest BCUT2D eigenvalue weighted by Crippen LogP contribution is -2.11. The molecule has 0 radical (unpaired) electrons. The Labute approximate surface area is 78.9 Å². The minimum atomic E-state index is -4.46. The minimum absolute atomic E-state index is 0.253. The van der Waals surface area contributed by atoms with Crippen molar-refractivity contribution in [3.8, 4) is 6.01 Å². The predicted molar refractivity (Wildman–Crippen MR) is 43.0 cm³/mol. The van der Waals surface area contributed by atoms with Gasteiger partial charge in [0.05, 0.1) is 7.11 Å². The maximum atomic E-state index is 12.3. The van der Waals surface area contributed by atoms with Gasteiger partial charge in [-0.2, -0.15) is 18.2 Å². The topological polar surface area (TPSA) is 35.0 Å². The Morgan fingerprint density at radius 3 is 2.43 bits per heavy atom. The summed E-state index contributed by atoms with van der Waals surface area (Å²) in [4.78, 5) is 6.96. The highest BCUT2D eigenvalue weighted by molar-refractivity contribution is 5.16. The number of rotatable bonds is 2. The van der Waals surface area contributed by atoms with Gasteiger partial charge in [-0.1, -0.05) is 6.92 Å². The van der Waals surface area contributed by atoms with Crippen LogP contribution in [0.3, 0.4) is 0 Å². The van der Waals surface area contributed by atoms with Gasteiger partial charge < -0.3 is 4.74 Å². The molecular formula is C8H9F3N2O. The Kier molecular flexibility index (Phi) is 2.93.